The average molecular weight is 468 g/mol. The molecule has 3 aromatic rings. The van der Waals surface area contributed by atoms with Gasteiger partial charge in [0.1, 0.15) is 17.3 Å². The Hall–Kier alpha value is -3.73. The Morgan fingerprint density at radius 1 is 0.714 bits per heavy atom. The third-order valence-corrected chi connectivity index (χ3v) is 7.11. The molecule has 2 heterocycles. The predicted octanol–water partition coefficient (Wildman–Crippen LogP) is 5.84. The van der Waals surface area contributed by atoms with Gasteiger partial charge < -0.3 is 19.3 Å². The van der Waals surface area contributed by atoms with E-state index in [0.717, 1.165) is 49.8 Å². The lowest BCUT2D eigenvalue weighted by Crippen LogP contribution is -2.49. The molecule has 1 unspecified atom stereocenters. The lowest BCUT2D eigenvalue weighted by atomic mass is 9.81. The Labute approximate surface area is 208 Å². The van der Waals surface area contributed by atoms with Crippen LogP contribution in [-0.4, -0.2) is 51.1 Å². The molecule has 0 amide bonds. The lowest BCUT2D eigenvalue weighted by Gasteiger charge is -2.40. The molecule has 0 saturated carbocycles. The second kappa shape index (κ2) is 10.3. The van der Waals surface area contributed by atoms with Crippen LogP contribution in [0.15, 0.2) is 89.6 Å². The first-order valence-corrected chi connectivity index (χ1v) is 12.3. The maximum Gasteiger partial charge on any atom is 0.118 e. The molecule has 1 atom stereocenters. The van der Waals surface area contributed by atoms with Gasteiger partial charge in [-0.25, -0.2) is 4.99 Å². The molecule has 1 fully saturated rings. The van der Waals surface area contributed by atoms with Gasteiger partial charge in [-0.2, -0.15) is 0 Å². The van der Waals surface area contributed by atoms with Crippen LogP contribution in [0.1, 0.15) is 30.4 Å². The number of hydrogen-bond acceptors (Lipinski definition) is 5. The van der Waals surface area contributed by atoms with Crippen molar-refractivity contribution >= 4 is 17.1 Å². The first-order valence-electron chi connectivity index (χ1n) is 12.3. The smallest absolute Gasteiger partial charge is 0.118 e. The van der Waals surface area contributed by atoms with Crippen LogP contribution in [0.2, 0.25) is 0 Å². The van der Waals surface area contributed by atoms with E-state index in [0.29, 0.717) is 0 Å². The Kier molecular flexibility index (Phi) is 6.75. The lowest BCUT2D eigenvalue weighted by molar-refractivity contribution is 0.376. The van der Waals surface area contributed by atoms with Crippen molar-refractivity contribution in [3.63, 3.8) is 0 Å². The van der Waals surface area contributed by atoms with E-state index in [-0.39, 0.29) is 5.92 Å². The molecular formula is C30H33N3O2. The van der Waals surface area contributed by atoms with Gasteiger partial charge in [-0.05, 0) is 60.0 Å². The number of hydrogen-bond donors (Lipinski definition) is 0. The van der Waals surface area contributed by atoms with Gasteiger partial charge in [0.2, 0.25) is 0 Å². The van der Waals surface area contributed by atoms with Crippen molar-refractivity contribution in [3.8, 4) is 11.5 Å². The van der Waals surface area contributed by atoms with Crippen LogP contribution in [0, 0.1) is 0 Å². The number of ether oxygens (including phenoxy) is 2. The van der Waals surface area contributed by atoms with Crippen LogP contribution in [-0.2, 0) is 0 Å². The van der Waals surface area contributed by atoms with Crippen molar-refractivity contribution in [2.24, 2.45) is 4.99 Å². The highest BCUT2D eigenvalue weighted by Crippen LogP contribution is 2.42. The summed E-state index contributed by atoms with van der Waals surface area (Å²) < 4.78 is 10.8. The predicted molar refractivity (Wildman–Crippen MR) is 144 cm³/mol. The fourth-order valence-electron chi connectivity index (χ4n) is 5.20. The van der Waals surface area contributed by atoms with E-state index < -0.39 is 0 Å². The van der Waals surface area contributed by atoms with E-state index >= 15 is 0 Å². The monoisotopic (exact) mass is 467 g/mol. The number of amidine groups is 1. The Bertz CT molecular complexity index is 1190. The average Bonchev–Trinajstić information content (AvgIpc) is 2.93. The number of aliphatic imine (C=N–C) groups is 1. The normalized spacial score (nSPS) is 18.4. The van der Waals surface area contributed by atoms with Crippen molar-refractivity contribution in [1.82, 2.24) is 4.90 Å². The number of anilines is 1. The molecule has 35 heavy (non-hydrogen) atoms. The molecule has 180 valence electrons. The van der Waals surface area contributed by atoms with E-state index in [1.54, 1.807) is 14.2 Å². The van der Waals surface area contributed by atoms with Gasteiger partial charge in [0.15, 0.2) is 0 Å². The van der Waals surface area contributed by atoms with Crippen molar-refractivity contribution in [3.05, 3.63) is 95.7 Å². The van der Waals surface area contributed by atoms with Crippen LogP contribution in [0.3, 0.4) is 0 Å². The second-order valence-electron chi connectivity index (χ2n) is 9.10. The number of benzene rings is 3. The molecule has 2 aliphatic heterocycles. The molecule has 0 aliphatic carbocycles. The van der Waals surface area contributed by atoms with Crippen molar-refractivity contribution in [2.45, 2.75) is 19.3 Å². The zero-order chi connectivity index (χ0) is 24.2. The van der Waals surface area contributed by atoms with Gasteiger partial charge in [0, 0.05) is 49.9 Å². The Balaban J connectivity index is 1.44. The van der Waals surface area contributed by atoms with Gasteiger partial charge in [-0.15, -0.1) is 0 Å². The maximum absolute atomic E-state index is 5.41. The van der Waals surface area contributed by atoms with E-state index in [1.807, 2.05) is 12.1 Å². The minimum Gasteiger partial charge on any atom is -0.497 e. The molecule has 0 bridgehead atoms. The summed E-state index contributed by atoms with van der Waals surface area (Å²) in [5.74, 6) is 3.16. The first kappa shape index (κ1) is 23.0. The third kappa shape index (κ3) is 4.90. The van der Waals surface area contributed by atoms with Gasteiger partial charge in [-0.3, -0.25) is 0 Å². The van der Waals surface area contributed by atoms with Crippen LogP contribution < -0.4 is 14.4 Å². The number of methoxy groups -OCH3 is 2. The highest BCUT2D eigenvalue weighted by atomic mass is 16.5. The van der Waals surface area contributed by atoms with Crippen LogP contribution in [0.4, 0.5) is 5.69 Å². The number of piperazine rings is 1. The summed E-state index contributed by atoms with van der Waals surface area (Å²) in [4.78, 5) is 10.1. The number of para-hydroxylation sites is 1. The highest BCUT2D eigenvalue weighted by Gasteiger charge is 2.30. The largest absolute Gasteiger partial charge is 0.497 e. The van der Waals surface area contributed by atoms with Crippen molar-refractivity contribution in [2.75, 3.05) is 45.3 Å². The molecule has 5 rings (SSSR count). The molecule has 5 heteroatoms. The van der Waals surface area contributed by atoms with E-state index in [1.165, 1.54) is 28.2 Å². The Morgan fingerprint density at radius 3 is 1.89 bits per heavy atom. The van der Waals surface area contributed by atoms with E-state index in [9.17, 15) is 0 Å². The van der Waals surface area contributed by atoms with Gasteiger partial charge in [-0.1, -0.05) is 42.5 Å². The van der Waals surface area contributed by atoms with Crippen LogP contribution >= 0.6 is 0 Å². The van der Waals surface area contributed by atoms with Gasteiger partial charge in [0.25, 0.3) is 0 Å². The molecule has 1 saturated heterocycles. The van der Waals surface area contributed by atoms with Crippen molar-refractivity contribution < 1.29 is 9.47 Å². The summed E-state index contributed by atoms with van der Waals surface area (Å²) in [5.41, 5.74) is 6.14. The minimum absolute atomic E-state index is 0.231. The Morgan fingerprint density at radius 2 is 1.29 bits per heavy atom. The zero-order valence-electron chi connectivity index (χ0n) is 20.8. The molecule has 0 spiro atoms. The number of nitrogens with zero attached hydrogens (tertiary/aromatic N) is 3. The summed E-state index contributed by atoms with van der Waals surface area (Å²) in [7, 11) is 3.41. The summed E-state index contributed by atoms with van der Waals surface area (Å²) in [6, 6.07) is 27.5. The topological polar surface area (TPSA) is 37.3 Å². The van der Waals surface area contributed by atoms with Gasteiger partial charge >= 0.3 is 0 Å². The van der Waals surface area contributed by atoms with Crippen molar-refractivity contribution in [1.29, 1.82) is 0 Å². The van der Waals surface area contributed by atoms with Crippen LogP contribution in [0.25, 0.3) is 5.57 Å². The summed E-state index contributed by atoms with van der Waals surface area (Å²) in [6.07, 6.45) is 0.885. The molecule has 0 radical (unpaired) electrons. The molecular weight excluding hydrogens is 434 g/mol. The second-order valence-corrected chi connectivity index (χ2v) is 9.10. The third-order valence-electron chi connectivity index (χ3n) is 7.11. The molecule has 0 N–H and O–H groups in total. The fraction of sp³-hybridized carbons (Fsp3) is 0.300. The fourth-order valence-corrected chi connectivity index (χ4v) is 5.20. The van der Waals surface area contributed by atoms with Gasteiger partial charge in [0.05, 0.1) is 14.2 Å². The molecule has 3 aromatic carbocycles. The maximum atomic E-state index is 5.41. The molecule has 0 aromatic heterocycles. The quantitative estimate of drug-likeness (QED) is 0.472. The standard InChI is InChI=1S/C30H33N3O2/c1-22-30(24-11-15-27(35-3)16-12-24)28(23-9-13-26(34-2)14-10-23)21-29(31-22)33-19-17-32(18-20-33)25-7-5-4-6-8-25/h4-16,28H,17-21H2,1-3H3. The molecule has 5 nitrogen and oxygen atoms in total. The van der Waals surface area contributed by atoms with E-state index in [2.05, 4.69) is 83.5 Å². The number of rotatable bonds is 5. The van der Waals surface area contributed by atoms with Crippen LogP contribution in [0.5, 0.6) is 11.5 Å². The SMILES string of the molecule is COc1ccc(C2=C(C)N=C(N3CCN(c4ccccc4)CC3)CC2c2ccc(OC)cc2)cc1. The minimum atomic E-state index is 0.231. The zero-order valence-corrected chi connectivity index (χ0v) is 20.8. The summed E-state index contributed by atoms with van der Waals surface area (Å²) >= 11 is 0. The van der Waals surface area contributed by atoms with E-state index in [4.69, 9.17) is 14.5 Å². The molecule has 2 aliphatic rings. The summed E-state index contributed by atoms with van der Waals surface area (Å²) in [6.45, 7) is 6.12. The first-order chi connectivity index (χ1) is 17.2. The summed E-state index contributed by atoms with van der Waals surface area (Å²) in [5, 5.41) is 0. The highest BCUT2D eigenvalue weighted by molar-refractivity contribution is 5.92. The number of allylic oxidation sites excluding steroid dienone is 2.